The van der Waals surface area contributed by atoms with Crippen molar-refractivity contribution in [1.29, 1.82) is 0 Å². The Kier molecular flexibility index (Phi) is 10.5. The van der Waals surface area contributed by atoms with E-state index in [9.17, 15) is 0 Å². The largest absolute Gasteiger partial charge is 0.405 e. The number of aromatic amines is 1. The number of aryl methyl sites for hydroxylation is 3. The lowest BCUT2D eigenvalue weighted by Gasteiger charge is -2.21. The van der Waals surface area contributed by atoms with Gasteiger partial charge in [0.25, 0.3) is 0 Å². The summed E-state index contributed by atoms with van der Waals surface area (Å²) in [6.07, 6.45) is 21.4. The van der Waals surface area contributed by atoms with Crippen molar-refractivity contribution in [3.05, 3.63) is 187 Å². The van der Waals surface area contributed by atoms with Crippen molar-refractivity contribution in [3.8, 4) is 22.3 Å². The minimum atomic E-state index is 0.762. The molecule has 8 rings (SSSR count). The number of benzene rings is 5. The molecule has 5 aromatic carbocycles. The van der Waals surface area contributed by atoms with E-state index in [0.717, 1.165) is 24.9 Å². The van der Waals surface area contributed by atoms with E-state index in [-0.39, 0.29) is 0 Å². The zero-order valence-corrected chi connectivity index (χ0v) is 31.9. The standard InChI is InChI=1S/C46H41N3.C5H8/c1-5-12-35(29(3)6-2)31-17-19-43-39(23-31)40-24-33-15-16-34-26-42-41-25-32(36-14-9-8-13-30(36)4)18-20-45(41)49(22-11-7-10-21-47)46(42)28-38(34)37(33)27-44(40)48-43;1-3-5-4-2/h5-14,17-21,23-28,48H,1,15-16,22,47H2,2-4H3;3-5H,1H2,2H3/b11-7-,21-10-,29-6-,35-12+;5-4-. The first-order chi connectivity index (χ1) is 26.4. The van der Waals surface area contributed by atoms with Gasteiger partial charge in [0.15, 0.2) is 0 Å². The smallest absolute Gasteiger partial charge is 0.0500 e. The second-order valence-corrected chi connectivity index (χ2v) is 14.0. The minimum Gasteiger partial charge on any atom is -0.405 e. The number of fused-ring (bicyclic) bond motifs is 9. The first-order valence-electron chi connectivity index (χ1n) is 18.9. The van der Waals surface area contributed by atoms with Gasteiger partial charge >= 0.3 is 0 Å². The first kappa shape index (κ1) is 36.1. The molecule has 3 N–H and O–H groups in total. The lowest BCUT2D eigenvalue weighted by molar-refractivity contribution is 0.897. The molecule has 3 nitrogen and oxygen atoms in total. The molecular formula is C51H49N3. The van der Waals surface area contributed by atoms with E-state index < -0.39 is 0 Å². The number of nitrogens with one attached hydrogen (secondary N) is 1. The van der Waals surface area contributed by atoms with Gasteiger partial charge in [-0.3, -0.25) is 0 Å². The number of hydrogen-bond acceptors (Lipinski definition) is 1. The molecule has 1 aliphatic rings. The Labute approximate surface area is 319 Å². The minimum absolute atomic E-state index is 0.762. The fourth-order valence-corrected chi connectivity index (χ4v) is 7.97. The Balaban J connectivity index is 0.000000846. The van der Waals surface area contributed by atoms with E-state index in [2.05, 4.69) is 147 Å². The third kappa shape index (κ3) is 6.70. The van der Waals surface area contributed by atoms with Crippen LogP contribution >= 0.6 is 0 Å². The Morgan fingerprint density at radius 1 is 0.741 bits per heavy atom. The molecule has 7 aromatic rings. The van der Waals surface area contributed by atoms with Gasteiger partial charge in [-0.1, -0.05) is 98.2 Å². The molecule has 0 saturated heterocycles. The molecule has 0 atom stereocenters. The number of H-pyrrole nitrogens is 1. The van der Waals surface area contributed by atoms with Crippen LogP contribution in [0.4, 0.5) is 0 Å². The third-order valence-electron chi connectivity index (χ3n) is 10.8. The lowest BCUT2D eigenvalue weighted by Crippen LogP contribution is -2.04. The van der Waals surface area contributed by atoms with E-state index in [1.165, 1.54) is 93.7 Å². The van der Waals surface area contributed by atoms with E-state index in [0.29, 0.717) is 0 Å². The predicted octanol–water partition coefficient (Wildman–Crippen LogP) is 13.5. The zero-order valence-electron chi connectivity index (χ0n) is 31.9. The van der Waals surface area contributed by atoms with Crippen LogP contribution in [0.1, 0.15) is 43.0 Å². The Bertz CT molecular complexity index is 2720. The molecular weight excluding hydrogens is 655 g/mol. The van der Waals surface area contributed by atoms with Crippen molar-refractivity contribution in [2.75, 3.05) is 0 Å². The molecule has 0 radical (unpaired) electrons. The van der Waals surface area contributed by atoms with Crippen LogP contribution in [0.15, 0.2) is 165 Å². The Morgan fingerprint density at radius 3 is 2.19 bits per heavy atom. The highest BCUT2D eigenvalue weighted by atomic mass is 15.0. The summed E-state index contributed by atoms with van der Waals surface area (Å²) in [5.41, 5.74) is 23.5. The molecule has 2 heterocycles. The summed E-state index contributed by atoms with van der Waals surface area (Å²) in [7, 11) is 0. The van der Waals surface area contributed by atoms with Crippen molar-refractivity contribution in [1.82, 2.24) is 9.55 Å². The molecule has 0 aliphatic heterocycles. The van der Waals surface area contributed by atoms with Gasteiger partial charge in [-0.25, -0.2) is 0 Å². The number of nitrogens with two attached hydrogens (primary N) is 1. The molecule has 1 aliphatic carbocycles. The van der Waals surface area contributed by atoms with Crippen molar-refractivity contribution in [3.63, 3.8) is 0 Å². The first-order valence-corrected chi connectivity index (χ1v) is 18.9. The molecule has 0 amide bonds. The maximum absolute atomic E-state index is 5.64. The van der Waals surface area contributed by atoms with Crippen molar-refractivity contribution < 1.29 is 0 Å². The number of allylic oxidation sites excluding steroid dienone is 11. The van der Waals surface area contributed by atoms with Gasteiger partial charge in [-0.15, -0.1) is 0 Å². The highest BCUT2D eigenvalue weighted by molar-refractivity contribution is 6.13. The predicted molar refractivity (Wildman–Crippen MR) is 237 cm³/mol. The topological polar surface area (TPSA) is 46.7 Å². The molecule has 0 saturated carbocycles. The molecule has 0 fully saturated rings. The lowest BCUT2D eigenvalue weighted by atomic mass is 9.84. The van der Waals surface area contributed by atoms with Gasteiger partial charge in [0.1, 0.15) is 0 Å². The maximum Gasteiger partial charge on any atom is 0.0500 e. The van der Waals surface area contributed by atoms with Gasteiger partial charge in [-0.2, -0.15) is 0 Å². The summed E-state index contributed by atoms with van der Waals surface area (Å²) >= 11 is 0. The van der Waals surface area contributed by atoms with E-state index in [4.69, 9.17) is 5.73 Å². The molecule has 0 bridgehead atoms. The van der Waals surface area contributed by atoms with Crippen LogP contribution in [0, 0.1) is 6.92 Å². The molecule has 2 aromatic heterocycles. The highest BCUT2D eigenvalue weighted by Crippen LogP contribution is 2.43. The van der Waals surface area contributed by atoms with Gasteiger partial charge in [0.05, 0.1) is 5.52 Å². The van der Waals surface area contributed by atoms with Crippen molar-refractivity contribution in [2.45, 2.75) is 47.1 Å². The maximum atomic E-state index is 5.64. The van der Waals surface area contributed by atoms with Gasteiger partial charge in [0.2, 0.25) is 0 Å². The summed E-state index contributed by atoms with van der Waals surface area (Å²) in [6, 6.07) is 32.1. The summed E-state index contributed by atoms with van der Waals surface area (Å²) in [6.45, 7) is 16.6. The molecule has 54 heavy (non-hydrogen) atoms. The zero-order chi connectivity index (χ0) is 37.8. The molecule has 268 valence electrons. The number of aromatic nitrogens is 2. The van der Waals surface area contributed by atoms with Crippen LogP contribution in [0.2, 0.25) is 0 Å². The summed E-state index contributed by atoms with van der Waals surface area (Å²) in [5.74, 6) is 0. The van der Waals surface area contributed by atoms with Gasteiger partial charge < -0.3 is 15.3 Å². The summed E-state index contributed by atoms with van der Waals surface area (Å²) < 4.78 is 2.45. The van der Waals surface area contributed by atoms with Crippen LogP contribution in [0.3, 0.4) is 0 Å². The number of nitrogens with zero attached hydrogens (tertiary/aromatic N) is 1. The average molecular weight is 704 g/mol. The second-order valence-electron chi connectivity index (χ2n) is 14.0. The van der Waals surface area contributed by atoms with E-state index >= 15 is 0 Å². The number of hydrogen-bond donors (Lipinski definition) is 2. The number of rotatable bonds is 8. The van der Waals surface area contributed by atoms with Crippen molar-refractivity contribution >= 4 is 49.2 Å². The summed E-state index contributed by atoms with van der Waals surface area (Å²) in [5, 5.41) is 5.16. The second kappa shape index (κ2) is 15.7. The monoisotopic (exact) mass is 703 g/mol. The SMILES string of the molecule is C=C/C=C(\C(C)=C/C)c1ccc2[nH]c3cc4c(cc3c2c1)CCc1cc2c3cc(-c5ccccc5C)ccc3n(C/C=C\C=C/N)c2cc1-4.C=C/C=C\C. The van der Waals surface area contributed by atoms with Crippen LogP contribution in [0.5, 0.6) is 0 Å². The van der Waals surface area contributed by atoms with Crippen molar-refractivity contribution in [2.24, 2.45) is 5.73 Å². The normalized spacial score (nSPS) is 13.3. The molecule has 3 heteroatoms. The molecule has 0 spiro atoms. The average Bonchev–Trinajstić information content (AvgIpc) is 3.70. The third-order valence-corrected chi connectivity index (χ3v) is 10.8. The summed E-state index contributed by atoms with van der Waals surface area (Å²) in [4.78, 5) is 3.75. The highest BCUT2D eigenvalue weighted by Gasteiger charge is 2.22. The fraction of sp³-hybridized carbons (Fsp3) is 0.137. The quantitative estimate of drug-likeness (QED) is 0.152. The van der Waals surface area contributed by atoms with Crippen LogP contribution in [-0.4, -0.2) is 9.55 Å². The van der Waals surface area contributed by atoms with Crippen LogP contribution in [-0.2, 0) is 19.4 Å². The van der Waals surface area contributed by atoms with Gasteiger partial charge in [-0.05, 0) is 157 Å². The van der Waals surface area contributed by atoms with E-state index in [1.807, 2.05) is 37.3 Å². The van der Waals surface area contributed by atoms with E-state index in [1.54, 1.807) is 12.3 Å². The Morgan fingerprint density at radius 2 is 1.48 bits per heavy atom. The molecule has 0 unspecified atom stereocenters. The van der Waals surface area contributed by atoms with Crippen LogP contribution < -0.4 is 5.73 Å². The van der Waals surface area contributed by atoms with Gasteiger partial charge in [0, 0.05) is 44.6 Å². The Hall–Kier alpha value is -6.32. The van der Waals surface area contributed by atoms with Crippen LogP contribution in [0.25, 0.3) is 71.4 Å². The fourth-order valence-electron chi connectivity index (χ4n) is 7.97.